The smallest absolute Gasteiger partial charge is 0.175 e. The van der Waals surface area contributed by atoms with Crippen LogP contribution in [0.1, 0.15) is 25.4 Å². The van der Waals surface area contributed by atoms with Crippen LogP contribution in [0, 0.1) is 6.92 Å². The van der Waals surface area contributed by atoms with Crippen LogP contribution in [0.3, 0.4) is 0 Å². The molecule has 0 unspecified atom stereocenters. The van der Waals surface area contributed by atoms with Gasteiger partial charge in [0.05, 0.1) is 0 Å². The van der Waals surface area contributed by atoms with Gasteiger partial charge in [0.25, 0.3) is 0 Å². The van der Waals surface area contributed by atoms with Crippen molar-refractivity contribution < 1.29 is 0 Å². The molecule has 0 aromatic carbocycles. The molecular weight excluding hydrogens is 178 g/mol. The van der Waals surface area contributed by atoms with Crippen molar-refractivity contribution in [1.82, 2.24) is 19.8 Å². The van der Waals surface area contributed by atoms with Gasteiger partial charge in [0.15, 0.2) is 11.5 Å². The van der Waals surface area contributed by atoms with Gasteiger partial charge in [0.1, 0.15) is 0 Å². The van der Waals surface area contributed by atoms with E-state index in [0.717, 1.165) is 17.2 Å². The predicted octanol–water partition coefficient (Wildman–Crippen LogP) is 0.602. The van der Waals surface area contributed by atoms with Gasteiger partial charge in [-0.15, -0.1) is 5.10 Å². The molecule has 14 heavy (non-hydrogen) atoms. The first kappa shape index (κ1) is 9.21. The van der Waals surface area contributed by atoms with Crippen molar-refractivity contribution in [3.05, 3.63) is 17.6 Å². The highest BCUT2D eigenvalue weighted by molar-refractivity contribution is 5.38. The summed E-state index contributed by atoms with van der Waals surface area (Å²) in [5.41, 5.74) is 7.39. The van der Waals surface area contributed by atoms with Crippen molar-refractivity contribution >= 4 is 5.65 Å². The number of aromatic nitrogens is 4. The highest BCUT2D eigenvalue weighted by Crippen LogP contribution is 2.18. The summed E-state index contributed by atoms with van der Waals surface area (Å²) in [7, 11) is 0. The van der Waals surface area contributed by atoms with Crippen LogP contribution in [0.25, 0.3) is 5.65 Å². The zero-order chi connectivity index (χ0) is 10.3. The van der Waals surface area contributed by atoms with Crippen molar-refractivity contribution in [2.45, 2.75) is 26.2 Å². The molecule has 5 nitrogen and oxygen atoms in total. The maximum absolute atomic E-state index is 5.66. The lowest BCUT2D eigenvalue weighted by atomic mass is 9.93. The quantitative estimate of drug-likeness (QED) is 0.733. The zero-order valence-electron chi connectivity index (χ0n) is 8.70. The molecule has 0 spiro atoms. The predicted molar refractivity (Wildman–Crippen MR) is 54.2 cm³/mol. The lowest BCUT2D eigenvalue weighted by molar-refractivity contribution is 0.499. The summed E-state index contributed by atoms with van der Waals surface area (Å²) >= 11 is 0. The van der Waals surface area contributed by atoms with E-state index < -0.39 is 0 Å². The van der Waals surface area contributed by atoms with Crippen LogP contribution < -0.4 is 5.73 Å². The van der Waals surface area contributed by atoms with Crippen molar-refractivity contribution in [1.29, 1.82) is 0 Å². The third-order valence-electron chi connectivity index (χ3n) is 2.38. The van der Waals surface area contributed by atoms with Gasteiger partial charge in [0.2, 0.25) is 0 Å². The zero-order valence-corrected chi connectivity index (χ0v) is 8.70. The monoisotopic (exact) mass is 193 g/mol. The second-order valence-electron chi connectivity index (χ2n) is 4.23. The number of nitrogens with zero attached hydrogens (tertiary/aromatic N) is 3. The number of aromatic amines is 1. The molecule has 0 amide bonds. The van der Waals surface area contributed by atoms with E-state index in [1.54, 1.807) is 4.63 Å². The minimum atomic E-state index is -0.166. The van der Waals surface area contributed by atoms with E-state index in [1.807, 2.05) is 26.8 Å². The molecule has 0 saturated carbocycles. The lowest BCUT2D eigenvalue weighted by Crippen LogP contribution is -2.29. The number of H-pyrrole nitrogens is 1. The van der Waals surface area contributed by atoms with Gasteiger partial charge < -0.3 is 5.73 Å². The van der Waals surface area contributed by atoms with Gasteiger partial charge in [-0.2, -0.15) is 4.63 Å². The van der Waals surface area contributed by atoms with Crippen LogP contribution in [0.4, 0.5) is 0 Å². The first-order valence-electron chi connectivity index (χ1n) is 4.66. The fraction of sp³-hybridized carbons (Fsp3) is 0.556. The largest absolute Gasteiger partial charge is 0.329 e. The van der Waals surface area contributed by atoms with Gasteiger partial charge in [-0.25, -0.2) is 4.98 Å². The number of hydrogen-bond acceptors (Lipinski definition) is 3. The molecule has 0 aliphatic heterocycles. The Morgan fingerprint density at radius 1 is 1.57 bits per heavy atom. The summed E-state index contributed by atoms with van der Waals surface area (Å²) in [6.45, 7) is 6.59. The molecule has 5 heteroatoms. The summed E-state index contributed by atoms with van der Waals surface area (Å²) in [5, 5.41) is 7.42. The second kappa shape index (κ2) is 2.81. The number of fused-ring (bicyclic) bond motifs is 1. The maximum Gasteiger partial charge on any atom is 0.175 e. The van der Waals surface area contributed by atoms with E-state index in [9.17, 15) is 0 Å². The average molecular weight is 193 g/mol. The van der Waals surface area contributed by atoms with E-state index in [4.69, 9.17) is 5.73 Å². The standard InChI is InChI=1S/C9H15N5/c1-6-4-7-11-8(9(2,3)5-10)13-14(7)12-6/h4,12H,5,10H2,1-3H3. The molecule has 2 rings (SSSR count). The van der Waals surface area contributed by atoms with Crippen LogP contribution in [-0.4, -0.2) is 26.4 Å². The van der Waals surface area contributed by atoms with Gasteiger partial charge in [-0.05, 0) is 6.92 Å². The molecule has 3 N–H and O–H groups in total. The molecule has 0 radical (unpaired) electrons. The molecule has 0 atom stereocenters. The lowest BCUT2D eigenvalue weighted by Gasteiger charge is -2.17. The summed E-state index contributed by atoms with van der Waals surface area (Å²) in [6.07, 6.45) is 0. The Morgan fingerprint density at radius 2 is 2.29 bits per heavy atom. The van der Waals surface area contributed by atoms with E-state index in [1.165, 1.54) is 0 Å². The van der Waals surface area contributed by atoms with Gasteiger partial charge in [-0.3, -0.25) is 5.10 Å². The van der Waals surface area contributed by atoms with E-state index in [-0.39, 0.29) is 5.41 Å². The van der Waals surface area contributed by atoms with Crippen LogP contribution in [-0.2, 0) is 5.41 Å². The van der Waals surface area contributed by atoms with Crippen molar-refractivity contribution in [2.24, 2.45) is 5.73 Å². The number of hydrogen-bond donors (Lipinski definition) is 2. The highest BCUT2D eigenvalue weighted by Gasteiger charge is 2.24. The first-order valence-corrected chi connectivity index (χ1v) is 4.66. The number of rotatable bonds is 2. The molecule has 2 aromatic rings. The van der Waals surface area contributed by atoms with Gasteiger partial charge in [-0.1, -0.05) is 13.8 Å². The third kappa shape index (κ3) is 1.29. The third-order valence-corrected chi connectivity index (χ3v) is 2.38. The molecule has 0 fully saturated rings. The highest BCUT2D eigenvalue weighted by atomic mass is 15.5. The first-order chi connectivity index (χ1) is 6.53. The molecule has 76 valence electrons. The fourth-order valence-corrected chi connectivity index (χ4v) is 1.27. The van der Waals surface area contributed by atoms with Crippen LogP contribution in [0.2, 0.25) is 0 Å². The summed E-state index contributed by atoms with van der Waals surface area (Å²) in [5.74, 6) is 0.784. The van der Waals surface area contributed by atoms with Crippen LogP contribution >= 0.6 is 0 Å². The number of aryl methyl sites for hydroxylation is 1. The van der Waals surface area contributed by atoms with E-state index in [0.29, 0.717) is 6.54 Å². The molecule has 0 aliphatic carbocycles. The molecule has 2 aromatic heterocycles. The summed E-state index contributed by atoms with van der Waals surface area (Å²) in [4.78, 5) is 4.42. The summed E-state index contributed by atoms with van der Waals surface area (Å²) < 4.78 is 1.68. The SMILES string of the molecule is Cc1cc2nc(C(C)(C)CN)nn2[nH]1. The maximum atomic E-state index is 5.66. The van der Waals surface area contributed by atoms with Crippen LogP contribution in [0.15, 0.2) is 6.07 Å². The molecular formula is C9H15N5. The topological polar surface area (TPSA) is 72.0 Å². The molecule has 0 saturated heterocycles. The Bertz CT molecular complexity index is 419. The van der Waals surface area contributed by atoms with E-state index >= 15 is 0 Å². The second-order valence-corrected chi connectivity index (χ2v) is 4.23. The molecule has 0 aliphatic rings. The summed E-state index contributed by atoms with van der Waals surface area (Å²) in [6, 6.07) is 1.96. The molecule has 0 bridgehead atoms. The van der Waals surface area contributed by atoms with E-state index in [2.05, 4.69) is 15.2 Å². The van der Waals surface area contributed by atoms with Crippen LogP contribution in [0.5, 0.6) is 0 Å². The Hall–Kier alpha value is -1.36. The molecule has 2 heterocycles. The normalized spacial score (nSPS) is 12.6. The number of nitrogens with one attached hydrogen (secondary N) is 1. The Kier molecular flexibility index (Phi) is 1.85. The Balaban J connectivity index is 2.50. The Labute approximate surface area is 82.3 Å². The van der Waals surface area contributed by atoms with Crippen molar-refractivity contribution in [3.63, 3.8) is 0 Å². The Morgan fingerprint density at radius 3 is 2.86 bits per heavy atom. The fourth-order valence-electron chi connectivity index (χ4n) is 1.27. The number of nitrogens with two attached hydrogens (primary N) is 1. The van der Waals surface area contributed by atoms with Gasteiger partial charge in [0, 0.05) is 23.7 Å². The minimum absolute atomic E-state index is 0.166. The van der Waals surface area contributed by atoms with Crippen molar-refractivity contribution in [2.75, 3.05) is 6.54 Å². The average Bonchev–Trinajstić information content (AvgIpc) is 2.61. The van der Waals surface area contributed by atoms with Gasteiger partial charge >= 0.3 is 0 Å². The van der Waals surface area contributed by atoms with Crippen molar-refractivity contribution in [3.8, 4) is 0 Å². The minimum Gasteiger partial charge on any atom is -0.329 e.